The van der Waals surface area contributed by atoms with Crippen LogP contribution in [0.1, 0.15) is 5.56 Å². The highest BCUT2D eigenvalue weighted by Crippen LogP contribution is 2.22. The van der Waals surface area contributed by atoms with Crippen LogP contribution in [0, 0.1) is 22.7 Å². The molecule has 2 N–H and O–H groups in total. The third kappa shape index (κ3) is 2.09. The standard InChI is InChI=1S/C14H9N3/c15-6-5-13(9-16)11-1-2-12-8-14(17)4-3-10(12)7-11/h1-5,7-8H,17H2/b13-5+. The number of nitrogens with zero attached hydrogens (tertiary/aromatic N) is 2. The lowest BCUT2D eigenvalue weighted by Gasteiger charge is -2.02. The number of rotatable bonds is 1. The molecule has 17 heavy (non-hydrogen) atoms. The van der Waals surface area contributed by atoms with E-state index in [2.05, 4.69) is 0 Å². The molecule has 3 heteroatoms. The molecule has 0 aliphatic heterocycles. The van der Waals surface area contributed by atoms with Gasteiger partial charge in [-0.3, -0.25) is 0 Å². The predicted molar refractivity (Wildman–Crippen MR) is 67.6 cm³/mol. The van der Waals surface area contributed by atoms with Crippen molar-refractivity contribution in [2.24, 2.45) is 0 Å². The van der Waals surface area contributed by atoms with Crippen molar-refractivity contribution in [1.29, 1.82) is 10.5 Å². The van der Waals surface area contributed by atoms with Crippen molar-refractivity contribution in [3.05, 3.63) is 48.0 Å². The summed E-state index contributed by atoms with van der Waals surface area (Å²) in [6.07, 6.45) is 1.25. The second-order valence-electron chi connectivity index (χ2n) is 3.62. The van der Waals surface area contributed by atoms with E-state index < -0.39 is 0 Å². The fourth-order valence-electron chi connectivity index (χ4n) is 1.68. The molecule has 0 spiro atoms. The fraction of sp³-hybridized carbons (Fsp3) is 0. The van der Waals surface area contributed by atoms with Gasteiger partial charge in [-0.1, -0.05) is 18.2 Å². The van der Waals surface area contributed by atoms with Gasteiger partial charge in [0, 0.05) is 11.8 Å². The van der Waals surface area contributed by atoms with Gasteiger partial charge in [0.05, 0.1) is 11.6 Å². The number of nitriles is 2. The molecule has 0 fully saturated rings. The highest BCUT2D eigenvalue weighted by atomic mass is 14.5. The van der Waals surface area contributed by atoms with Gasteiger partial charge in [0.25, 0.3) is 0 Å². The molecule has 2 rings (SSSR count). The Morgan fingerprint density at radius 3 is 2.47 bits per heavy atom. The van der Waals surface area contributed by atoms with E-state index in [0.29, 0.717) is 11.3 Å². The van der Waals surface area contributed by atoms with E-state index in [0.717, 1.165) is 16.3 Å². The maximum Gasteiger partial charge on any atom is 0.101 e. The Morgan fingerprint density at radius 1 is 1.06 bits per heavy atom. The summed E-state index contributed by atoms with van der Waals surface area (Å²) in [5.41, 5.74) is 7.50. The third-order valence-corrected chi connectivity index (χ3v) is 2.50. The first-order chi connectivity index (χ1) is 8.24. The Kier molecular flexibility index (Phi) is 2.77. The topological polar surface area (TPSA) is 73.6 Å². The van der Waals surface area contributed by atoms with E-state index in [-0.39, 0.29) is 0 Å². The van der Waals surface area contributed by atoms with Crippen molar-refractivity contribution in [2.45, 2.75) is 0 Å². The van der Waals surface area contributed by atoms with E-state index in [1.165, 1.54) is 6.08 Å². The van der Waals surface area contributed by atoms with E-state index in [1.54, 1.807) is 0 Å². The van der Waals surface area contributed by atoms with Crippen LogP contribution in [0.3, 0.4) is 0 Å². The van der Waals surface area contributed by atoms with E-state index in [1.807, 2.05) is 48.5 Å². The molecule has 0 aliphatic rings. The van der Waals surface area contributed by atoms with Crippen molar-refractivity contribution in [2.75, 3.05) is 5.73 Å². The number of allylic oxidation sites excluding steroid dienone is 2. The molecule has 2 aromatic rings. The Morgan fingerprint density at radius 2 is 1.76 bits per heavy atom. The molecule has 0 aliphatic carbocycles. The number of nitrogens with two attached hydrogens (primary N) is 1. The average Bonchev–Trinajstić information content (AvgIpc) is 2.35. The van der Waals surface area contributed by atoms with Gasteiger partial charge in [0.2, 0.25) is 0 Å². The van der Waals surface area contributed by atoms with Crippen molar-refractivity contribution >= 4 is 22.0 Å². The number of hydrogen-bond donors (Lipinski definition) is 1. The van der Waals surface area contributed by atoms with Crippen LogP contribution in [-0.2, 0) is 0 Å². The molecule has 2 aromatic carbocycles. The molecule has 0 unspecified atom stereocenters. The van der Waals surface area contributed by atoms with Crippen LogP contribution in [0.2, 0.25) is 0 Å². The van der Waals surface area contributed by atoms with Crippen LogP contribution in [0.25, 0.3) is 16.3 Å². The maximum absolute atomic E-state index is 8.94. The van der Waals surface area contributed by atoms with Crippen molar-refractivity contribution in [3.63, 3.8) is 0 Å². The number of fused-ring (bicyclic) bond motifs is 1. The number of hydrogen-bond acceptors (Lipinski definition) is 3. The van der Waals surface area contributed by atoms with Crippen molar-refractivity contribution in [3.8, 4) is 12.1 Å². The molecule has 0 heterocycles. The summed E-state index contributed by atoms with van der Waals surface area (Å²) >= 11 is 0. The molecule has 80 valence electrons. The first-order valence-corrected chi connectivity index (χ1v) is 5.04. The smallest absolute Gasteiger partial charge is 0.101 e. The first-order valence-electron chi connectivity index (χ1n) is 5.04. The minimum atomic E-state index is 0.367. The van der Waals surface area contributed by atoms with Gasteiger partial charge < -0.3 is 5.73 Å². The van der Waals surface area contributed by atoms with E-state index in [9.17, 15) is 0 Å². The lowest BCUT2D eigenvalue weighted by molar-refractivity contribution is 1.51. The molecule has 0 bridgehead atoms. The normalized spacial score (nSPS) is 10.8. The Hall–Kier alpha value is -2.78. The molecule has 3 nitrogen and oxygen atoms in total. The van der Waals surface area contributed by atoms with Crippen LogP contribution in [0.4, 0.5) is 5.69 Å². The summed E-state index contributed by atoms with van der Waals surface area (Å²) in [5.74, 6) is 0. The summed E-state index contributed by atoms with van der Waals surface area (Å²) < 4.78 is 0. The lowest BCUT2D eigenvalue weighted by atomic mass is 10.0. The van der Waals surface area contributed by atoms with Crippen LogP contribution in [0.5, 0.6) is 0 Å². The van der Waals surface area contributed by atoms with Gasteiger partial charge in [0.1, 0.15) is 6.07 Å². The number of benzene rings is 2. The summed E-state index contributed by atoms with van der Waals surface area (Å²) in [4.78, 5) is 0. The average molecular weight is 219 g/mol. The zero-order valence-corrected chi connectivity index (χ0v) is 9.01. The number of nitrogen functional groups attached to an aromatic ring is 1. The van der Waals surface area contributed by atoms with Gasteiger partial charge in [-0.25, -0.2) is 0 Å². The molecular weight excluding hydrogens is 210 g/mol. The van der Waals surface area contributed by atoms with Crippen molar-refractivity contribution in [1.82, 2.24) is 0 Å². The van der Waals surface area contributed by atoms with Crippen molar-refractivity contribution < 1.29 is 0 Å². The molecule has 0 saturated heterocycles. The quantitative estimate of drug-likeness (QED) is 0.592. The second kappa shape index (κ2) is 4.38. The van der Waals surface area contributed by atoms with Gasteiger partial charge in [-0.2, -0.15) is 10.5 Å². The zero-order valence-electron chi connectivity index (χ0n) is 9.01. The minimum Gasteiger partial charge on any atom is -0.399 e. The molecule has 0 atom stereocenters. The Balaban J connectivity index is 2.61. The van der Waals surface area contributed by atoms with E-state index >= 15 is 0 Å². The van der Waals surface area contributed by atoms with E-state index in [4.69, 9.17) is 16.3 Å². The maximum atomic E-state index is 8.94. The summed E-state index contributed by atoms with van der Waals surface area (Å²) in [6, 6.07) is 15.0. The molecule has 0 radical (unpaired) electrons. The second-order valence-corrected chi connectivity index (χ2v) is 3.62. The largest absolute Gasteiger partial charge is 0.399 e. The van der Waals surface area contributed by atoms with Crippen LogP contribution >= 0.6 is 0 Å². The first kappa shape index (κ1) is 10.7. The van der Waals surface area contributed by atoms with Crippen LogP contribution in [-0.4, -0.2) is 0 Å². The lowest BCUT2D eigenvalue weighted by Crippen LogP contribution is -1.85. The van der Waals surface area contributed by atoms with Crippen LogP contribution in [0.15, 0.2) is 42.5 Å². The predicted octanol–water partition coefficient (Wildman–Crippen LogP) is 2.85. The van der Waals surface area contributed by atoms with Crippen LogP contribution < -0.4 is 5.73 Å². The third-order valence-electron chi connectivity index (χ3n) is 2.50. The molecule has 0 aromatic heterocycles. The molecule has 0 amide bonds. The summed E-state index contributed by atoms with van der Waals surface area (Å²) in [5, 5.41) is 19.5. The summed E-state index contributed by atoms with van der Waals surface area (Å²) in [7, 11) is 0. The van der Waals surface area contributed by atoms with Gasteiger partial charge in [-0.05, 0) is 34.5 Å². The van der Waals surface area contributed by atoms with Gasteiger partial charge in [-0.15, -0.1) is 0 Å². The molecular formula is C14H9N3. The Bertz CT molecular complexity index is 685. The monoisotopic (exact) mass is 219 g/mol. The SMILES string of the molecule is N#C/C=C(\C#N)c1ccc2cc(N)ccc2c1. The summed E-state index contributed by atoms with van der Waals surface area (Å²) in [6.45, 7) is 0. The molecule has 0 saturated carbocycles. The van der Waals surface area contributed by atoms with Gasteiger partial charge in [0.15, 0.2) is 0 Å². The number of anilines is 1. The minimum absolute atomic E-state index is 0.367. The highest BCUT2D eigenvalue weighted by Gasteiger charge is 2.02. The highest BCUT2D eigenvalue weighted by molar-refractivity contribution is 5.90. The van der Waals surface area contributed by atoms with Gasteiger partial charge >= 0.3 is 0 Å². The fourth-order valence-corrected chi connectivity index (χ4v) is 1.68. The Labute approximate surface area is 99.0 Å². The zero-order chi connectivity index (χ0) is 12.3.